The first-order valence-corrected chi connectivity index (χ1v) is 8.92. The molecule has 1 atom stereocenters. The Bertz CT molecular complexity index is 783. The minimum Gasteiger partial charge on any atom is -0.376 e. The Kier molecular flexibility index (Phi) is 5.50. The van der Waals surface area contributed by atoms with Gasteiger partial charge in [0.15, 0.2) is 5.11 Å². The number of hydrogen-bond acceptors (Lipinski definition) is 4. The summed E-state index contributed by atoms with van der Waals surface area (Å²) in [5.74, 6) is 0.680. The van der Waals surface area contributed by atoms with E-state index in [1.54, 1.807) is 12.1 Å². The summed E-state index contributed by atoms with van der Waals surface area (Å²) in [4.78, 5) is 16.8. The summed E-state index contributed by atoms with van der Waals surface area (Å²) in [6, 6.07) is 5.49. The van der Waals surface area contributed by atoms with Crippen LogP contribution in [0.5, 0.6) is 0 Å². The van der Waals surface area contributed by atoms with Crippen molar-refractivity contribution in [2.75, 3.05) is 13.2 Å². The highest BCUT2D eigenvalue weighted by atomic mass is 32.1. The van der Waals surface area contributed by atoms with Gasteiger partial charge in [-0.1, -0.05) is 0 Å². The zero-order valence-corrected chi connectivity index (χ0v) is 15.3. The molecule has 1 fully saturated rings. The SMILES string of the molecule is CCn1c(C)nc2cc(C(=O)NNC(=S)NCC3CCCO3)ccc21. The molecule has 0 spiro atoms. The quantitative estimate of drug-likeness (QED) is 0.568. The van der Waals surface area contributed by atoms with Gasteiger partial charge in [0.2, 0.25) is 0 Å². The first kappa shape index (κ1) is 17.6. The van der Waals surface area contributed by atoms with Crippen molar-refractivity contribution < 1.29 is 9.53 Å². The molecule has 134 valence electrons. The third-order valence-electron chi connectivity index (χ3n) is 4.32. The van der Waals surface area contributed by atoms with E-state index < -0.39 is 0 Å². The van der Waals surface area contributed by atoms with Crippen molar-refractivity contribution in [3.05, 3.63) is 29.6 Å². The van der Waals surface area contributed by atoms with Gasteiger partial charge in [0.1, 0.15) is 5.82 Å². The summed E-state index contributed by atoms with van der Waals surface area (Å²) < 4.78 is 7.62. The smallest absolute Gasteiger partial charge is 0.269 e. The molecule has 0 saturated carbocycles. The van der Waals surface area contributed by atoms with Crippen molar-refractivity contribution in [3.63, 3.8) is 0 Å². The Morgan fingerprint density at radius 1 is 1.44 bits per heavy atom. The maximum absolute atomic E-state index is 12.3. The minimum absolute atomic E-state index is 0.190. The first-order valence-electron chi connectivity index (χ1n) is 8.51. The number of ether oxygens (including phenoxy) is 1. The van der Waals surface area contributed by atoms with E-state index in [-0.39, 0.29) is 12.0 Å². The number of fused-ring (bicyclic) bond motifs is 1. The maximum atomic E-state index is 12.3. The molecular weight excluding hydrogens is 338 g/mol. The van der Waals surface area contributed by atoms with Crippen LogP contribution in [0, 0.1) is 6.92 Å². The van der Waals surface area contributed by atoms with E-state index >= 15 is 0 Å². The number of carbonyl (C=O) groups excluding carboxylic acids is 1. The molecule has 1 amide bonds. The zero-order chi connectivity index (χ0) is 17.8. The normalized spacial score (nSPS) is 16.8. The van der Waals surface area contributed by atoms with Crippen molar-refractivity contribution in [3.8, 4) is 0 Å². The Morgan fingerprint density at radius 3 is 3.00 bits per heavy atom. The molecule has 0 radical (unpaired) electrons. The highest BCUT2D eigenvalue weighted by Gasteiger charge is 2.15. The third kappa shape index (κ3) is 4.08. The van der Waals surface area contributed by atoms with Gasteiger partial charge in [0, 0.05) is 25.3 Å². The highest BCUT2D eigenvalue weighted by Crippen LogP contribution is 2.17. The maximum Gasteiger partial charge on any atom is 0.269 e. The molecule has 0 bridgehead atoms. The van der Waals surface area contributed by atoms with E-state index in [1.807, 2.05) is 13.0 Å². The summed E-state index contributed by atoms with van der Waals surface area (Å²) >= 11 is 5.16. The molecule has 1 aromatic heterocycles. The lowest BCUT2D eigenvalue weighted by molar-refractivity contribution is 0.0943. The van der Waals surface area contributed by atoms with Gasteiger partial charge in [0.25, 0.3) is 5.91 Å². The fraction of sp³-hybridized carbons (Fsp3) is 0.471. The van der Waals surface area contributed by atoms with Crippen molar-refractivity contribution in [1.82, 2.24) is 25.7 Å². The van der Waals surface area contributed by atoms with Gasteiger partial charge in [-0.2, -0.15) is 0 Å². The monoisotopic (exact) mass is 361 g/mol. The second kappa shape index (κ2) is 7.79. The summed E-state index contributed by atoms with van der Waals surface area (Å²) in [7, 11) is 0. The summed E-state index contributed by atoms with van der Waals surface area (Å²) in [5, 5.41) is 3.42. The fourth-order valence-electron chi connectivity index (χ4n) is 3.03. The van der Waals surface area contributed by atoms with Crippen molar-refractivity contribution in [2.24, 2.45) is 0 Å². The van der Waals surface area contributed by atoms with Gasteiger partial charge in [-0.3, -0.25) is 15.6 Å². The van der Waals surface area contributed by atoms with Gasteiger partial charge in [-0.05, 0) is 57.1 Å². The standard InChI is InChI=1S/C17H23N5O2S/c1-3-22-11(2)19-14-9-12(6-7-15(14)22)16(23)20-21-17(25)18-10-13-5-4-8-24-13/h6-7,9,13H,3-5,8,10H2,1-2H3,(H,20,23)(H2,18,21,25). The van der Waals surface area contributed by atoms with E-state index in [0.29, 0.717) is 17.2 Å². The van der Waals surface area contributed by atoms with Crippen LogP contribution in [-0.2, 0) is 11.3 Å². The molecule has 7 nitrogen and oxygen atoms in total. The number of amides is 1. The molecule has 8 heteroatoms. The van der Waals surface area contributed by atoms with Crippen molar-refractivity contribution >= 4 is 34.3 Å². The first-order chi connectivity index (χ1) is 12.1. The average Bonchev–Trinajstić information content (AvgIpc) is 3.23. The summed E-state index contributed by atoms with van der Waals surface area (Å²) in [6.45, 7) is 6.33. The Labute approximate surface area is 152 Å². The molecule has 1 unspecified atom stereocenters. The predicted molar refractivity (Wildman–Crippen MR) is 100 cm³/mol. The number of nitrogens with zero attached hydrogens (tertiary/aromatic N) is 2. The van der Waals surface area contributed by atoms with E-state index in [4.69, 9.17) is 17.0 Å². The van der Waals surface area contributed by atoms with Crippen molar-refractivity contribution in [1.29, 1.82) is 0 Å². The van der Waals surface area contributed by atoms with Gasteiger partial charge in [-0.15, -0.1) is 0 Å². The van der Waals surface area contributed by atoms with Gasteiger partial charge in [-0.25, -0.2) is 4.98 Å². The molecular formula is C17H23N5O2S. The number of nitrogens with one attached hydrogen (secondary N) is 3. The Balaban J connectivity index is 1.55. The number of hydrogen-bond donors (Lipinski definition) is 3. The molecule has 1 aliphatic rings. The Hall–Kier alpha value is -2.19. The van der Waals surface area contributed by atoms with Crippen LogP contribution in [0.4, 0.5) is 0 Å². The fourth-order valence-corrected chi connectivity index (χ4v) is 3.17. The number of thiocarbonyl (C=S) groups is 1. The molecule has 1 aliphatic heterocycles. The summed E-state index contributed by atoms with van der Waals surface area (Å²) in [5.41, 5.74) is 7.69. The minimum atomic E-state index is -0.258. The average molecular weight is 361 g/mol. The van der Waals surface area contributed by atoms with Crippen LogP contribution in [0.15, 0.2) is 18.2 Å². The molecule has 3 rings (SSSR count). The molecule has 2 heterocycles. The third-order valence-corrected chi connectivity index (χ3v) is 4.57. The largest absolute Gasteiger partial charge is 0.376 e. The van der Waals surface area contributed by atoms with Crippen LogP contribution < -0.4 is 16.2 Å². The van der Waals surface area contributed by atoms with Crippen LogP contribution in [0.1, 0.15) is 35.9 Å². The topological polar surface area (TPSA) is 80.2 Å². The van der Waals surface area contributed by atoms with Crippen LogP contribution in [-0.4, -0.2) is 39.8 Å². The van der Waals surface area contributed by atoms with Gasteiger partial charge < -0.3 is 14.6 Å². The molecule has 1 saturated heterocycles. The van der Waals surface area contributed by atoms with Crippen LogP contribution in [0.25, 0.3) is 11.0 Å². The number of benzene rings is 1. The molecule has 3 N–H and O–H groups in total. The second-order valence-electron chi connectivity index (χ2n) is 6.03. The molecule has 25 heavy (non-hydrogen) atoms. The number of aryl methyl sites for hydroxylation is 2. The lowest BCUT2D eigenvalue weighted by Gasteiger charge is -2.14. The van der Waals surface area contributed by atoms with Crippen molar-refractivity contribution in [2.45, 2.75) is 39.3 Å². The number of aromatic nitrogens is 2. The van der Waals surface area contributed by atoms with Crippen LogP contribution in [0.3, 0.4) is 0 Å². The van der Waals surface area contributed by atoms with E-state index in [1.165, 1.54) is 0 Å². The van der Waals surface area contributed by atoms with E-state index in [2.05, 4.69) is 32.6 Å². The van der Waals surface area contributed by atoms with Crippen LogP contribution >= 0.6 is 12.2 Å². The molecule has 0 aliphatic carbocycles. The van der Waals surface area contributed by atoms with Crippen LogP contribution in [0.2, 0.25) is 0 Å². The van der Waals surface area contributed by atoms with Gasteiger partial charge >= 0.3 is 0 Å². The lowest BCUT2D eigenvalue weighted by Crippen LogP contribution is -2.48. The van der Waals surface area contributed by atoms with E-state index in [0.717, 1.165) is 42.9 Å². The number of rotatable bonds is 4. The lowest BCUT2D eigenvalue weighted by atomic mass is 10.2. The van der Waals surface area contributed by atoms with E-state index in [9.17, 15) is 4.79 Å². The summed E-state index contributed by atoms with van der Waals surface area (Å²) in [6.07, 6.45) is 2.31. The van der Waals surface area contributed by atoms with Gasteiger partial charge in [0.05, 0.1) is 17.1 Å². The zero-order valence-electron chi connectivity index (χ0n) is 14.5. The highest BCUT2D eigenvalue weighted by molar-refractivity contribution is 7.80. The molecule has 1 aromatic carbocycles. The molecule has 2 aromatic rings. The number of imidazole rings is 1. The second-order valence-corrected chi connectivity index (χ2v) is 6.44. The number of carbonyl (C=O) groups is 1. The Morgan fingerprint density at radius 2 is 2.28 bits per heavy atom. The number of hydrazine groups is 1. The predicted octanol–water partition coefficient (Wildman–Crippen LogP) is 1.65.